The number of benzene rings is 6. The van der Waals surface area contributed by atoms with E-state index in [1.807, 2.05) is 0 Å². The molecule has 4 bridgehead atoms. The van der Waals surface area contributed by atoms with E-state index in [4.69, 9.17) is 0 Å². The quantitative estimate of drug-likeness (QED) is 0.211. The lowest BCUT2D eigenvalue weighted by Crippen LogP contribution is -2.55. The van der Waals surface area contributed by atoms with E-state index in [1.54, 1.807) is 11.1 Å². The summed E-state index contributed by atoms with van der Waals surface area (Å²) in [6, 6.07) is 48.2. The molecule has 5 aliphatic rings. The van der Waals surface area contributed by atoms with Gasteiger partial charge in [-0.2, -0.15) is 0 Å². The van der Waals surface area contributed by atoms with Crippen molar-refractivity contribution in [1.29, 1.82) is 0 Å². The van der Waals surface area contributed by atoms with E-state index in [0.29, 0.717) is 0 Å². The van der Waals surface area contributed by atoms with Gasteiger partial charge in [0, 0.05) is 22.5 Å². The lowest BCUT2D eigenvalue weighted by atomic mass is 9.43. The fourth-order valence-electron chi connectivity index (χ4n) is 10.4. The predicted octanol–water partition coefficient (Wildman–Crippen LogP) is 11.2. The Hall–Kier alpha value is -4.36. The van der Waals surface area contributed by atoms with Gasteiger partial charge in [-0.1, -0.05) is 91.0 Å². The van der Waals surface area contributed by atoms with E-state index in [1.165, 1.54) is 81.8 Å². The number of hydrogen-bond acceptors (Lipinski definition) is 1. The summed E-state index contributed by atoms with van der Waals surface area (Å²) in [4.78, 5) is 2.48. The molecule has 0 atom stereocenters. The molecule has 5 aliphatic carbocycles. The van der Waals surface area contributed by atoms with E-state index in [0.717, 1.165) is 23.7 Å². The Kier molecular flexibility index (Phi) is 4.95. The summed E-state index contributed by atoms with van der Waals surface area (Å²) in [6.07, 6.45) is 7.17. The normalized spacial score (nSPS) is 26.2. The maximum atomic E-state index is 2.54. The summed E-state index contributed by atoms with van der Waals surface area (Å²) >= 11 is 0. The minimum atomic E-state index is 0.203. The molecular formula is C42H35N. The zero-order chi connectivity index (χ0) is 28.1. The molecule has 208 valence electrons. The van der Waals surface area contributed by atoms with Gasteiger partial charge in [0.05, 0.1) is 0 Å². The Labute approximate surface area is 253 Å². The molecular weight excluding hydrogens is 518 g/mol. The van der Waals surface area contributed by atoms with Crippen LogP contribution in [0.5, 0.6) is 0 Å². The van der Waals surface area contributed by atoms with Crippen LogP contribution in [-0.2, 0) is 5.41 Å². The molecule has 0 N–H and O–H groups in total. The molecule has 0 radical (unpaired) electrons. The van der Waals surface area contributed by atoms with Gasteiger partial charge in [0.25, 0.3) is 0 Å². The van der Waals surface area contributed by atoms with Gasteiger partial charge in [0.15, 0.2) is 0 Å². The van der Waals surface area contributed by atoms with Gasteiger partial charge in [-0.15, -0.1) is 0 Å². The number of anilines is 3. The van der Waals surface area contributed by atoms with Crippen LogP contribution >= 0.6 is 0 Å². The molecule has 0 aliphatic heterocycles. The van der Waals surface area contributed by atoms with Crippen molar-refractivity contribution in [2.24, 2.45) is 23.7 Å². The fourth-order valence-corrected chi connectivity index (χ4v) is 10.4. The summed E-state index contributed by atoms with van der Waals surface area (Å²) in [5.41, 5.74) is 10.0. The molecule has 11 rings (SSSR count). The minimum absolute atomic E-state index is 0.203. The average molecular weight is 554 g/mol. The van der Waals surface area contributed by atoms with Gasteiger partial charge in [-0.3, -0.25) is 0 Å². The van der Waals surface area contributed by atoms with Crippen LogP contribution < -0.4 is 4.90 Å². The second-order valence-electron chi connectivity index (χ2n) is 13.8. The van der Waals surface area contributed by atoms with E-state index < -0.39 is 0 Å². The Morgan fingerprint density at radius 3 is 1.53 bits per heavy atom. The van der Waals surface area contributed by atoms with Gasteiger partial charge in [0.2, 0.25) is 0 Å². The predicted molar refractivity (Wildman–Crippen MR) is 179 cm³/mol. The Morgan fingerprint density at radius 2 is 0.907 bits per heavy atom. The highest BCUT2D eigenvalue weighted by molar-refractivity contribution is 5.94. The SMILES string of the molecule is c1ccc2c(c1)-c1cc(N(c3ccc4ccccc4c3)c3ccc4ccccc4c3)ccc1C21C2CC3CC(C2)CC1C3. The van der Waals surface area contributed by atoms with E-state index in [2.05, 4.69) is 132 Å². The van der Waals surface area contributed by atoms with Crippen LogP contribution in [0.4, 0.5) is 17.1 Å². The molecule has 6 aromatic rings. The molecule has 0 unspecified atom stereocenters. The third-order valence-electron chi connectivity index (χ3n) is 11.8. The van der Waals surface area contributed by atoms with Crippen LogP contribution in [0.2, 0.25) is 0 Å². The first kappa shape index (κ1) is 24.1. The lowest BCUT2D eigenvalue weighted by molar-refractivity contribution is -0.0399. The number of nitrogens with zero attached hydrogens (tertiary/aromatic N) is 1. The minimum Gasteiger partial charge on any atom is -0.310 e. The number of hydrogen-bond donors (Lipinski definition) is 0. The van der Waals surface area contributed by atoms with Gasteiger partial charge in [-0.25, -0.2) is 0 Å². The molecule has 4 saturated carbocycles. The summed E-state index contributed by atoms with van der Waals surface area (Å²) in [6.45, 7) is 0. The molecule has 1 nitrogen and oxygen atoms in total. The van der Waals surface area contributed by atoms with Gasteiger partial charge >= 0.3 is 0 Å². The van der Waals surface area contributed by atoms with Crippen molar-refractivity contribution in [1.82, 2.24) is 0 Å². The third kappa shape index (κ3) is 3.34. The van der Waals surface area contributed by atoms with Crippen molar-refractivity contribution in [3.8, 4) is 11.1 Å². The third-order valence-corrected chi connectivity index (χ3v) is 11.8. The number of rotatable bonds is 3. The fraction of sp³-hybridized carbons (Fsp3) is 0.238. The maximum absolute atomic E-state index is 2.54. The Balaban J connectivity index is 1.19. The van der Waals surface area contributed by atoms with E-state index >= 15 is 0 Å². The highest BCUT2D eigenvalue weighted by atomic mass is 15.1. The second kappa shape index (κ2) is 8.83. The van der Waals surface area contributed by atoms with Gasteiger partial charge in [0.1, 0.15) is 0 Å². The van der Waals surface area contributed by atoms with Crippen molar-refractivity contribution in [3.05, 3.63) is 139 Å². The molecule has 43 heavy (non-hydrogen) atoms. The summed E-state index contributed by atoms with van der Waals surface area (Å²) in [7, 11) is 0. The first-order chi connectivity index (χ1) is 21.3. The Morgan fingerprint density at radius 1 is 0.419 bits per heavy atom. The van der Waals surface area contributed by atoms with Gasteiger partial charge < -0.3 is 4.90 Å². The van der Waals surface area contributed by atoms with Crippen LogP contribution in [0.15, 0.2) is 127 Å². The van der Waals surface area contributed by atoms with Crippen molar-refractivity contribution < 1.29 is 0 Å². The molecule has 0 amide bonds. The first-order valence-electron chi connectivity index (χ1n) is 16.3. The summed E-state index contributed by atoms with van der Waals surface area (Å²) in [5, 5.41) is 5.09. The molecule has 0 heterocycles. The van der Waals surface area contributed by atoms with Crippen LogP contribution in [0, 0.1) is 23.7 Å². The first-order valence-corrected chi connectivity index (χ1v) is 16.3. The van der Waals surface area contributed by atoms with Gasteiger partial charge in [-0.05, 0) is 136 Å². The van der Waals surface area contributed by atoms with E-state index in [-0.39, 0.29) is 5.41 Å². The second-order valence-corrected chi connectivity index (χ2v) is 13.8. The number of fused-ring (bicyclic) bond motifs is 5. The molecule has 0 saturated heterocycles. The maximum Gasteiger partial charge on any atom is 0.0468 e. The van der Waals surface area contributed by atoms with Crippen molar-refractivity contribution >= 4 is 38.6 Å². The molecule has 1 spiro atoms. The topological polar surface area (TPSA) is 3.24 Å². The van der Waals surface area contributed by atoms with Crippen LogP contribution in [0.25, 0.3) is 32.7 Å². The molecule has 4 fully saturated rings. The van der Waals surface area contributed by atoms with Crippen molar-refractivity contribution in [2.75, 3.05) is 4.90 Å². The monoisotopic (exact) mass is 553 g/mol. The van der Waals surface area contributed by atoms with Crippen LogP contribution in [0.3, 0.4) is 0 Å². The van der Waals surface area contributed by atoms with Crippen molar-refractivity contribution in [2.45, 2.75) is 37.5 Å². The highest BCUT2D eigenvalue weighted by Crippen LogP contribution is 2.69. The van der Waals surface area contributed by atoms with Crippen LogP contribution in [-0.4, -0.2) is 0 Å². The Bertz CT molecular complexity index is 1960. The zero-order valence-corrected chi connectivity index (χ0v) is 24.4. The smallest absolute Gasteiger partial charge is 0.0468 e. The highest BCUT2D eigenvalue weighted by Gasteiger charge is 2.61. The zero-order valence-electron chi connectivity index (χ0n) is 24.4. The largest absolute Gasteiger partial charge is 0.310 e. The standard InChI is InChI=1S/C42H35N/c1-3-9-31-24-35(15-13-29(31)7-1)43(36-16-14-30-8-2-4-10-32(30)25-36)37-17-18-41-39(26-37)38-11-5-6-12-40(38)42(41)33-20-27-19-28(22-33)23-34(42)21-27/h1-18,24-28,33-34H,19-23H2. The summed E-state index contributed by atoms with van der Waals surface area (Å²) in [5.74, 6) is 3.49. The van der Waals surface area contributed by atoms with Crippen molar-refractivity contribution in [3.63, 3.8) is 0 Å². The van der Waals surface area contributed by atoms with E-state index in [9.17, 15) is 0 Å². The summed E-state index contributed by atoms with van der Waals surface area (Å²) < 4.78 is 0. The average Bonchev–Trinajstić information content (AvgIpc) is 3.34. The molecule has 6 aromatic carbocycles. The molecule has 0 aromatic heterocycles. The van der Waals surface area contributed by atoms with Crippen LogP contribution in [0.1, 0.15) is 43.2 Å². The lowest BCUT2D eigenvalue weighted by Gasteiger charge is -2.61. The molecule has 1 heteroatoms.